The highest BCUT2D eigenvalue weighted by Gasteiger charge is 2.11. The number of rotatable bonds is 5. The molecule has 4 nitrogen and oxygen atoms in total. The molecule has 0 saturated heterocycles. The van der Waals surface area contributed by atoms with Crippen LogP contribution in [0.25, 0.3) is 6.08 Å². The maximum Gasteiger partial charge on any atom is 0.248 e. The Morgan fingerprint density at radius 3 is 2.21 bits per heavy atom. The van der Waals surface area contributed by atoms with Gasteiger partial charge in [-0.2, -0.15) is 5.10 Å². The van der Waals surface area contributed by atoms with Crippen LogP contribution in [0.1, 0.15) is 44.8 Å². The zero-order valence-electron chi connectivity index (χ0n) is 18.1. The molecule has 1 heterocycles. The van der Waals surface area contributed by atoms with Gasteiger partial charge in [-0.3, -0.25) is 9.48 Å². The Hall–Kier alpha value is -3.14. The maximum absolute atomic E-state index is 12.5. The number of nitrogens with zero attached hydrogens (tertiary/aromatic N) is 2. The Morgan fingerprint density at radius 2 is 1.59 bits per heavy atom. The van der Waals surface area contributed by atoms with Crippen molar-refractivity contribution in [3.8, 4) is 0 Å². The van der Waals surface area contributed by atoms with E-state index in [1.54, 1.807) is 6.08 Å². The van der Waals surface area contributed by atoms with Crippen LogP contribution in [0.3, 0.4) is 0 Å². The summed E-state index contributed by atoms with van der Waals surface area (Å²) in [5.41, 5.74) is 9.64. The first-order valence-electron chi connectivity index (χ1n) is 9.91. The number of carbonyl (C=O) groups excluding carboxylic acids is 1. The van der Waals surface area contributed by atoms with E-state index >= 15 is 0 Å². The summed E-state index contributed by atoms with van der Waals surface area (Å²) in [7, 11) is 0. The summed E-state index contributed by atoms with van der Waals surface area (Å²) in [5, 5.41) is 7.68. The summed E-state index contributed by atoms with van der Waals surface area (Å²) in [6.45, 7) is 12.9. The number of hydrogen-bond donors (Lipinski definition) is 1. The molecule has 0 spiro atoms. The SMILES string of the molecule is Cc1ccc(Cn2nc(C)c(/C=C/C(=O)Nc3c(C)cc(C)cc3C)c2C)cc1. The molecule has 150 valence electrons. The van der Waals surface area contributed by atoms with E-state index in [2.05, 4.69) is 60.7 Å². The summed E-state index contributed by atoms with van der Waals surface area (Å²) < 4.78 is 1.99. The summed E-state index contributed by atoms with van der Waals surface area (Å²) in [6.07, 6.45) is 3.45. The van der Waals surface area contributed by atoms with Gasteiger partial charge in [-0.15, -0.1) is 0 Å². The third-order valence-electron chi connectivity index (χ3n) is 5.22. The number of anilines is 1. The van der Waals surface area contributed by atoms with Crippen molar-refractivity contribution in [1.82, 2.24) is 9.78 Å². The molecule has 0 fully saturated rings. The Morgan fingerprint density at radius 1 is 0.966 bits per heavy atom. The molecule has 0 atom stereocenters. The molecule has 2 aromatic carbocycles. The van der Waals surface area contributed by atoms with Crippen molar-refractivity contribution in [1.29, 1.82) is 0 Å². The van der Waals surface area contributed by atoms with E-state index < -0.39 is 0 Å². The molecule has 29 heavy (non-hydrogen) atoms. The first-order valence-corrected chi connectivity index (χ1v) is 9.91. The van der Waals surface area contributed by atoms with Crippen molar-refractivity contribution in [3.05, 3.63) is 87.2 Å². The quantitative estimate of drug-likeness (QED) is 0.593. The number of hydrogen-bond acceptors (Lipinski definition) is 2. The van der Waals surface area contributed by atoms with Gasteiger partial charge in [-0.1, -0.05) is 47.5 Å². The largest absolute Gasteiger partial charge is 0.322 e. The van der Waals surface area contributed by atoms with Crippen LogP contribution in [0, 0.1) is 41.5 Å². The van der Waals surface area contributed by atoms with Crippen LogP contribution in [0.2, 0.25) is 0 Å². The third kappa shape index (κ3) is 4.83. The Kier molecular flexibility index (Phi) is 6.02. The fourth-order valence-corrected chi connectivity index (χ4v) is 3.67. The molecule has 0 aliphatic rings. The van der Waals surface area contributed by atoms with E-state index in [-0.39, 0.29) is 5.91 Å². The van der Waals surface area contributed by atoms with Crippen LogP contribution in [0.5, 0.6) is 0 Å². The lowest BCUT2D eigenvalue weighted by atomic mass is 10.1. The van der Waals surface area contributed by atoms with Crippen molar-refractivity contribution >= 4 is 17.7 Å². The van der Waals surface area contributed by atoms with Crippen LogP contribution < -0.4 is 5.32 Å². The minimum Gasteiger partial charge on any atom is -0.322 e. The van der Waals surface area contributed by atoms with E-state index in [9.17, 15) is 4.79 Å². The van der Waals surface area contributed by atoms with Gasteiger partial charge in [-0.25, -0.2) is 0 Å². The molecule has 0 aliphatic heterocycles. The number of aryl methyl sites for hydroxylation is 5. The Bertz CT molecular complexity index is 1050. The molecule has 4 heteroatoms. The third-order valence-corrected chi connectivity index (χ3v) is 5.22. The van der Waals surface area contributed by atoms with Gasteiger partial charge in [0, 0.05) is 23.0 Å². The zero-order valence-corrected chi connectivity index (χ0v) is 18.1. The molecular weight excluding hydrogens is 358 g/mol. The second-order valence-electron chi connectivity index (χ2n) is 7.82. The van der Waals surface area contributed by atoms with Crippen LogP contribution in [0.4, 0.5) is 5.69 Å². The first-order chi connectivity index (χ1) is 13.7. The molecule has 0 radical (unpaired) electrons. The van der Waals surface area contributed by atoms with Crippen LogP contribution in [0.15, 0.2) is 42.5 Å². The van der Waals surface area contributed by atoms with Gasteiger partial charge in [0.1, 0.15) is 0 Å². The first kappa shape index (κ1) is 20.6. The Balaban J connectivity index is 1.76. The molecule has 3 rings (SSSR count). The normalized spacial score (nSPS) is 11.2. The number of carbonyl (C=O) groups is 1. The van der Waals surface area contributed by atoms with E-state index in [1.807, 2.05) is 38.5 Å². The van der Waals surface area contributed by atoms with Gasteiger partial charge in [-0.05, 0) is 64.3 Å². The molecule has 0 bridgehead atoms. The summed E-state index contributed by atoms with van der Waals surface area (Å²) in [5.74, 6) is -0.134. The Labute approximate surface area is 173 Å². The van der Waals surface area contributed by atoms with E-state index in [0.29, 0.717) is 0 Å². The highest BCUT2D eigenvalue weighted by Crippen LogP contribution is 2.22. The average Bonchev–Trinajstić information content (AvgIpc) is 2.91. The van der Waals surface area contributed by atoms with Gasteiger partial charge in [0.05, 0.1) is 12.2 Å². The number of nitrogens with one attached hydrogen (secondary N) is 1. The van der Waals surface area contributed by atoms with E-state index in [0.717, 1.165) is 40.3 Å². The molecule has 0 aliphatic carbocycles. The van der Waals surface area contributed by atoms with Gasteiger partial charge in [0.25, 0.3) is 0 Å². The molecule has 0 unspecified atom stereocenters. The summed E-state index contributed by atoms with van der Waals surface area (Å²) >= 11 is 0. The highest BCUT2D eigenvalue weighted by atomic mass is 16.1. The molecule has 1 N–H and O–H groups in total. The second kappa shape index (κ2) is 8.48. The fraction of sp³-hybridized carbons (Fsp3) is 0.280. The minimum atomic E-state index is -0.134. The number of aromatic nitrogens is 2. The van der Waals surface area contributed by atoms with Gasteiger partial charge < -0.3 is 5.32 Å². The van der Waals surface area contributed by atoms with Crippen molar-refractivity contribution in [3.63, 3.8) is 0 Å². The molecule has 1 aromatic heterocycles. The standard InChI is InChI=1S/C25H29N3O/c1-16-7-9-22(10-8-16)15-28-21(6)23(20(5)27-28)11-12-24(29)26-25-18(3)13-17(2)14-19(25)4/h7-14H,15H2,1-6H3,(H,26,29)/b12-11+. The number of benzene rings is 2. The monoisotopic (exact) mass is 387 g/mol. The van der Waals surface area contributed by atoms with Gasteiger partial charge >= 0.3 is 0 Å². The smallest absolute Gasteiger partial charge is 0.248 e. The lowest BCUT2D eigenvalue weighted by Crippen LogP contribution is -2.10. The molecule has 1 amide bonds. The molecule has 3 aromatic rings. The average molecular weight is 388 g/mol. The van der Waals surface area contributed by atoms with Crippen molar-refractivity contribution in [2.75, 3.05) is 5.32 Å². The van der Waals surface area contributed by atoms with Crippen LogP contribution in [-0.4, -0.2) is 15.7 Å². The molecular formula is C25H29N3O. The summed E-state index contributed by atoms with van der Waals surface area (Å²) in [6, 6.07) is 12.6. The van der Waals surface area contributed by atoms with Crippen molar-refractivity contribution in [2.24, 2.45) is 0 Å². The van der Waals surface area contributed by atoms with E-state index in [1.165, 1.54) is 16.7 Å². The predicted octanol–water partition coefficient (Wildman–Crippen LogP) is 5.43. The topological polar surface area (TPSA) is 46.9 Å². The highest BCUT2D eigenvalue weighted by molar-refractivity contribution is 6.03. The lowest BCUT2D eigenvalue weighted by molar-refractivity contribution is -0.111. The zero-order chi connectivity index (χ0) is 21.1. The number of amides is 1. The van der Waals surface area contributed by atoms with Crippen molar-refractivity contribution in [2.45, 2.75) is 48.1 Å². The van der Waals surface area contributed by atoms with Crippen molar-refractivity contribution < 1.29 is 4.79 Å². The van der Waals surface area contributed by atoms with Crippen LogP contribution in [-0.2, 0) is 11.3 Å². The van der Waals surface area contributed by atoms with Gasteiger partial charge in [0.15, 0.2) is 0 Å². The summed E-state index contributed by atoms with van der Waals surface area (Å²) in [4.78, 5) is 12.5. The van der Waals surface area contributed by atoms with E-state index in [4.69, 9.17) is 0 Å². The lowest BCUT2D eigenvalue weighted by Gasteiger charge is -2.11. The second-order valence-corrected chi connectivity index (χ2v) is 7.82. The minimum absolute atomic E-state index is 0.134. The fourth-order valence-electron chi connectivity index (χ4n) is 3.67. The van der Waals surface area contributed by atoms with Gasteiger partial charge in [0.2, 0.25) is 5.91 Å². The molecule has 0 saturated carbocycles. The van der Waals surface area contributed by atoms with Crippen LogP contribution >= 0.6 is 0 Å². The predicted molar refractivity (Wildman–Crippen MR) is 120 cm³/mol. The maximum atomic E-state index is 12.5.